The number of nitrogens with one attached hydrogen (secondary N) is 1. The number of hydrogen-bond acceptors (Lipinski definition) is 4. The number of thioether (sulfide) groups is 1. The van der Waals surface area contributed by atoms with Gasteiger partial charge in [0.1, 0.15) is 5.56 Å². The molecule has 1 aromatic heterocycles. The van der Waals surface area contributed by atoms with Crippen LogP contribution in [0.2, 0.25) is 0 Å². The molecule has 10 heteroatoms. The number of aromatic carboxylic acids is 1. The highest BCUT2D eigenvalue weighted by atomic mass is 32.2. The van der Waals surface area contributed by atoms with E-state index in [1.54, 1.807) is 31.2 Å². The first-order chi connectivity index (χ1) is 11.7. The quantitative estimate of drug-likeness (QED) is 0.813. The number of amides is 1. The third-order valence-corrected chi connectivity index (χ3v) is 4.11. The van der Waals surface area contributed by atoms with Gasteiger partial charge in [0.05, 0.1) is 29.1 Å². The van der Waals surface area contributed by atoms with E-state index in [0.29, 0.717) is 28.8 Å². The van der Waals surface area contributed by atoms with Crippen molar-refractivity contribution in [1.82, 2.24) is 9.78 Å². The standard InChI is InChI=1S/C15H14F3N3O3S/c1-9-12(14(23)24)6-19-21(9)11-4-2-3-10(5-11)20-13(22)7-25-8-15(16,17)18/h2-6H,7-8H2,1H3,(H,20,22)(H,23,24). The van der Waals surface area contributed by atoms with Crippen LogP contribution in [0.3, 0.4) is 0 Å². The van der Waals surface area contributed by atoms with Crippen molar-refractivity contribution in [3.63, 3.8) is 0 Å². The van der Waals surface area contributed by atoms with Crippen molar-refractivity contribution in [3.8, 4) is 5.69 Å². The Morgan fingerprint density at radius 3 is 2.68 bits per heavy atom. The number of carbonyl (C=O) groups excluding carboxylic acids is 1. The molecule has 0 aliphatic heterocycles. The zero-order valence-corrected chi connectivity index (χ0v) is 13.8. The van der Waals surface area contributed by atoms with Gasteiger partial charge in [0.25, 0.3) is 0 Å². The highest BCUT2D eigenvalue weighted by molar-refractivity contribution is 8.00. The summed E-state index contributed by atoms with van der Waals surface area (Å²) < 4.78 is 37.6. The summed E-state index contributed by atoms with van der Waals surface area (Å²) in [6, 6.07) is 6.42. The van der Waals surface area contributed by atoms with Gasteiger partial charge in [-0.05, 0) is 25.1 Å². The molecule has 0 aliphatic carbocycles. The van der Waals surface area contributed by atoms with Gasteiger partial charge >= 0.3 is 12.1 Å². The molecule has 0 spiro atoms. The molecule has 1 amide bonds. The van der Waals surface area contributed by atoms with Crippen LogP contribution >= 0.6 is 11.8 Å². The first-order valence-electron chi connectivity index (χ1n) is 7.00. The second kappa shape index (κ2) is 7.60. The van der Waals surface area contributed by atoms with Gasteiger partial charge < -0.3 is 10.4 Å². The minimum Gasteiger partial charge on any atom is -0.478 e. The Morgan fingerprint density at radius 2 is 2.08 bits per heavy atom. The molecule has 0 bridgehead atoms. The van der Waals surface area contributed by atoms with E-state index in [2.05, 4.69) is 10.4 Å². The number of alkyl halides is 3. The molecule has 2 N–H and O–H groups in total. The van der Waals surface area contributed by atoms with Crippen LogP contribution in [0.25, 0.3) is 5.69 Å². The maximum absolute atomic E-state index is 12.1. The van der Waals surface area contributed by atoms with Gasteiger partial charge in [0.15, 0.2) is 0 Å². The molecule has 6 nitrogen and oxygen atoms in total. The summed E-state index contributed by atoms with van der Waals surface area (Å²) in [6.45, 7) is 1.59. The van der Waals surface area contributed by atoms with Gasteiger partial charge in [-0.25, -0.2) is 9.48 Å². The van der Waals surface area contributed by atoms with E-state index in [1.165, 1.54) is 10.9 Å². The number of carboxylic acid groups (broad SMARTS) is 1. The van der Waals surface area contributed by atoms with E-state index in [0.717, 1.165) is 0 Å². The van der Waals surface area contributed by atoms with Crippen LogP contribution < -0.4 is 5.32 Å². The molecule has 0 unspecified atom stereocenters. The number of carbonyl (C=O) groups is 2. The van der Waals surface area contributed by atoms with Gasteiger partial charge in [0.2, 0.25) is 5.91 Å². The zero-order valence-electron chi connectivity index (χ0n) is 13.0. The average molecular weight is 373 g/mol. The Bertz CT molecular complexity index is 790. The van der Waals surface area contributed by atoms with Crippen LogP contribution in [-0.4, -0.2) is 44.4 Å². The molecular weight excluding hydrogens is 359 g/mol. The maximum Gasteiger partial charge on any atom is 0.397 e. The highest BCUT2D eigenvalue weighted by Gasteiger charge is 2.27. The molecule has 0 radical (unpaired) electrons. The summed E-state index contributed by atoms with van der Waals surface area (Å²) >= 11 is 0.477. The Hall–Kier alpha value is -2.49. The lowest BCUT2D eigenvalue weighted by atomic mass is 10.2. The number of rotatable bonds is 6. The Kier molecular flexibility index (Phi) is 5.73. The van der Waals surface area contributed by atoms with Crippen molar-refractivity contribution >= 4 is 29.3 Å². The van der Waals surface area contributed by atoms with Crippen molar-refractivity contribution in [1.29, 1.82) is 0 Å². The molecule has 2 rings (SSSR count). The number of aromatic nitrogens is 2. The van der Waals surface area contributed by atoms with Gasteiger partial charge in [-0.2, -0.15) is 18.3 Å². The molecule has 0 saturated heterocycles. The Labute approximate surface area is 145 Å². The van der Waals surface area contributed by atoms with Crippen LogP contribution in [-0.2, 0) is 4.79 Å². The van der Waals surface area contributed by atoms with Gasteiger partial charge in [-0.1, -0.05) is 6.07 Å². The summed E-state index contributed by atoms with van der Waals surface area (Å²) in [5, 5.41) is 15.5. The van der Waals surface area contributed by atoms with Gasteiger partial charge in [-0.3, -0.25) is 4.79 Å². The molecule has 0 saturated carbocycles. The molecule has 1 heterocycles. The summed E-state index contributed by atoms with van der Waals surface area (Å²) in [6.07, 6.45) is -3.10. The minimum atomic E-state index is -4.32. The van der Waals surface area contributed by atoms with Crippen molar-refractivity contribution in [3.05, 3.63) is 41.7 Å². The molecule has 2 aromatic rings. The molecule has 0 aliphatic rings. The third-order valence-electron chi connectivity index (χ3n) is 3.11. The molecule has 134 valence electrons. The summed E-state index contributed by atoms with van der Waals surface area (Å²) in [7, 11) is 0. The second-order valence-corrected chi connectivity index (χ2v) is 6.05. The number of hydrogen-bond donors (Lipinski definition) is 2. The topological polar surface area (TPSA) is 84.2 Å². The van der Waals surface area contributed by atoms with Crippen LogP contribution in [0.15, 0.2) is 30.5 Å². The van der Waals surface area contributed by atoms with Crippen molar-refractivity contribution in [2.24, 2.45) is 0 Å². The number of benzene rings is 1. The lowest BCUT2D eigenvalue weighted by Crippen LogP contribution is -2.18. The fourth-order valence-corrected chi connectivity index (χ4v) is 2.64. The maximum atomic E-state index is 12.1. The number of carboxylic acids is 1. The van der Waals surface area contributed by atoms with E-state index in [1.807, 2.05) is 0 Å². The molecule has 0 atom stereocenters. The zero-order chi connectivity index (χ0) is 18.6. The predicted octanol–water partition coefficient (Wildman–Crippen LogP) is 3.11. The lowest BCUT2D eigenvalue weighted by Gasteiger charge is -2.09. The van der Waals surface area contributed by atoms with Crippen molar-refractivity contribution in [2.45, 2.75) is 13.1 Å². The Balaban J connectivity index is 2.06. The molecular formula is C15H14F3N3O3S. The predicted molar refractivity (Wildman–Crippen MR) is 87.3 cm³/mol. The van der Waals surface area contributed by atoms with E-state index in [9.17, 15) is 22.8 Å². The molecule has 0 fully saturated rings. The fraction of sp³-hybridized carbons (Fsp3) is 0.267. The minimum absolute atomic E-state index is 0.0537. The van der Waals surface area contributed by atoms with Crippen LogP contribution in [0.4, 0.5) is 18.9 Å². The highest BCUT2D eigenvalue weighted by Crippen LogP contribution is 2.22. The number of halogens is 3. The summed E-state index contributed by atoms with van der Waals surface area (Å²) in [5.41, 5.74) is 1.36. The van der Waals surface area contributed by atoms with Gasteiger partial charge in [-0.15, -0.1) is 11.8 Å². The monoisotopic (exact) mass is 373 g/mol. The van der Waals surface area contributed by atoms with Crippen LogP contribution in [0.5, 0.6) is 0 Å². The van der Waals surface area contributed by atoms with E-state index >= 15 is 0 Å². The van der Waals surface area contributed by atoms with Crippen molar-refractivity contribution < 1.29 is 27.9 Å². The van der Waals surface area contributed by atoms with Crippen molar-refractivity contribution in [2.75, 3.05) is 16.8 Å². The Morgan fingerprint density at radius 1 is 1.36 bits per heavy atom. The lowest BCUT2D eigenvalue weighted by molar-refractivity contribution is -0.113. The smallest absolute Gasteiger partial charge is 0.397 e. The van der Waals surface area contributed by atoms with Crippen LogP contribution in [0, 0.1) is 6.92 Å². The first-order valence-corrected chi connectivity index (χ1v) is 8.15. The molecule has 25 heavy (non-hydrogen) atoms. The first kappa shape index (κ1) is 18.8. The number of nitrogens with zero attached hydrogens (tertiary/aromatic N) is 2. The van der Waals surface area contributed by atoms with Crippen LogP contribution in [0.1, 0.15) is 16.1 Å². The molecule has 1 aromatic carbocycles. The second-order valence-electron chi connectivity index (χ2n) is 5.07. The largest absolute Gasteiger partial charge is 0.478 e. The van der Waals surface area contributed by atoms with E-state index in [4.69, 9.17) is 5.11 Å². The van der Waals surface area contributed by atoms with Gasteiger partial charge in [0, 0.05) is 5.69 Å². The van der Waals surface area contributed by atoms with E-state index in [-0.39, 0.29) is 11.3 Å². The fourth-order valence-electron chi connectivity index (χ4n) is 2.05. The SMILES string of the molecule is Cc1c(C(=O)O)cnn1-c1cccc(NC(=O)CSCC(F)(F)F)c1. The normalized spacial score (nSPS) is 11.4. The average Bonchev–Trinajstić information content (AvgIpc) is 2.88. The third kappa shape index (κ3) is 5.24. The summed E-state index contributed by atoms with van der Waals surface area (Å²) in [5.74, 6) is -3.08. The van der Waals surface area contributed by atoms with E-state index < -0.39 is 23.8 Å². The summed E-state index contributed by atoms with van der Waals surface area (Å²) in [4.78, 5) is 22.8. The number of anilines is 1.